The Morgan fingerprint density at radius 2 is 1.80 bits per heavy atom. The Kier molecular flexibility index (Phi) is 7.35. The normalized spacial score (nSPS) is 11.1. The van der Waals surface area contributed by atoms with Crippen LogP contribution in [0.2, 0.25) is 0 Å². The van der Waals surface area contributed by atoms with Crippen molar-refractivity contribution in [2.45, 2.75) is 32.8 Å². The molecule has 0 heterocycles. The molecule has 0 amide bonds. The van der Waals surface area contributed by atoms with Gasteiger partial charge in [-0.15, -0.1) is 0 Å². The van der Waals surface area contributed by atoms with E-state index in [-0.39, 0.29) is 0 Å². The molecule has 2 nitrogen and oxygen atoms in total. The lowest BCUT2D eigenvalue weighted by atomic mass is 10.2. The van der Waals surface area contributed by atoms with Crippen LogP contribution in [0.25, 0.3) is 0 Å². The number of ether oxygens (including phenoxy) is 1. The van der Waals surface area contributed by atoms with Crippen molar-refractivity contribution in [2.24, 2.45) is 0 Å². The molecule has 3 heteroatoms. The highest BCUT2D eigenvalue weighted by atomic mass is 28.2. The zero-order chi connectivity index (χ0) is 7.82. The lowest BCUT2D eigenvalue weighted by Crippen LogP contribution is -2.13. The molecular weight excluding hydrogens is 144 g/mol. The Morgan fingerprint density at radius 3 is 2.20 bits per heavy atom. The Labute approximate surface area is 66.5 Å². The van der Waals surface area contributed by atoms with Gasteiger partial charge in [-0.3, -0.25) is 0 Å². The molecule has 0 rings (SSSR count). The summed E-state index contributed by atoms with van der Waals surface area (Å²) in [7, 11) is 0.822. The van der Waals surface area contributed by atoms with Gasteiger partial charge in [-0.1, -0.05) is 13.8 Å². The molecule has 0 saturated heterocycles. The summed E-state index contributed by atoms with van der Waals surface area (Å²) in [6.07, 6.45) is 2.66. The van der Waals surface area contributed by atoms with Crippen molar-refractivity contribution in [3.63, 3.8) is 0 Å². The molecule has 0 aliphatic heterocycles. The van der Waals surface area contributed by atoms with Gasteiger partial charge in [0.2, 0.25) is 0 Å². The van der Waals surface area contributed by atoms with Gasteiger partial charge in [-0.25, -0.2) is 0 Å². The summed E-state index contributed by atoms with van der Waals surface area (Å²) in [5.41, 5.74) is 0. The number of hydrogen-bond donors (Lipinski definition) is 0. The van der Waals surface area contributed by atoms with Gasteiger partial charge in [-0.05, 0) is 12.8 Å². The van der Waals surface area contributed by atoms with Crippen LogP contribution >= 0.6 is 0 Å². The quantitative estimate of drug-likeness (QED) is 0.418. The Balaban J connectivity index is 3.09. The van der Waals surface area contributed by atoms with Crippen LogP contribution in [0.5, 0.6) is 0 Å². The highest BCUT2D eigenvalue weighted by Crippen LogP contribution is 2.01. The fourth-order valence-electron chi connectivity index (χ4n) is 0.822. The fourth-order valence-corrected chi connectivity index (χ4v) is 0.989. The van der Waals surface area contributed by atoms with Crippen LogP contribution in [0.15, 0.2) is 0 Å². The molecule has 0 aromatic carbocycles. The molecule has 0 atom stereocenters. The molecule has 0 radical (unpaired) electrons. The Hall–Kier alpha value is 0.137. The summed E-state index contributed by atoms with van der Waals surface area (Å²) < 4.78 is 10.5. The average Bonchev–Trinajstić information content (AvgIpc) is 1.99. The second kappa shape index (κ2) is 7.25. The predicted molar refractivity (Wildman–Crippen MR) is 46.2 cm³/mol. The second-order valence-electron chi connectivity index (χ2n) is 2.30. The van der Waals surface area contributed by atoms with Crippen LogP contribution in [-0.4, -0.2) is 29.8 Å². The van der Waals surface area contributed by atoms with Gasteiger partial charge < -0.3 is 9.16 Å². The van der Waals surface area contributed by atoms with Gasteiger partial charge in [0.05, 0.1) is 19.3 Å². The van der Waals surface area contributed by atoms with E-state index < -0.39 is 0 Å². The van der Waals surface area contributed by atoms with Gasteiger partial charge in [0, 0.05) is 0 Å². The van der Waals surface area contributed by atoms with E-state index >= 15 is 0 Å². The van der Waals surface area contributed by atoms with Gasteiger partial charge >= 0.3 is 0 Å². The molecule has 0 bridgehead atoms. The van der Waals surface area contributed by atoms with E-state index in [1.807, 2.05) is 0 Å². The van der Waals surface area contributed by atoms with Gasteiger partial charge in [0.25, 0.3) is 0 Å². The lowest BCUT2D eigenvalue weighted by Gasteiger charge is -2.12. The topological polar surface area (TPSA) is 18.5 Å². The third-order valence-corrected chi connectivity index (χ3v) is 1.96. The molecule has 0 aromatic heterocycles. The minimum atomic E-state index is 0.441. The highest BCUT2D eigenvalue weighted by Gasteiger charge is 2.00. The molecule has 0 aliphatic carbocycles. The first-order valence-corrected chi connectivity index (χ1v) is 4.77. The standard InChI is InChI=1S/C7H18O2Si/c1-3-7(4-2)8-5-6-9-10/h7H,3-6H2,1-2,10H3. The van der Waals surface area contributed by atoms with E-state index in [1.54, 1.807) is 0 Å². The van der Waals surface area contributed by atoms with E-state index in [0.717, 1.165) is 36.5 Å². The highest BCUT2D eigenvalue weighted by molar-refractivity contribution is 5.97. The molecule has 10 heavy (non-hydrogen) atoms. The van der Waals surface area contributed by atoms with Gasteiger partial charge in [-0.2, -0.15) is 0 Å². The van der Waals surface area contributed by atoms with E-state index in [0.29, 0.717) is 6.10 Å². The van der Waals surface area contributed by atoms with Crippen LogP contribution in [0.3, 0.4) is 0 Å². The monoisotopic (exact) mass is 162 g/mol. The zero-order valence-electron chi connectivity index (χ0n) is 7.22. The van der Waals surface area contributed by atoms with E-state index in [9.17, 15) is 0 Å². The summed E-state index contributed by atoms with van der Waals surface area (Å²) in [6.45, 7) is 5.82. The van der Waals surface area contributed by atoms with Crippen LogP contribution in [0.1, 0.15) is 26.7 Å². The first-order valence-electron chi connectivity index (χ1n) is 3.95. The Bertz CT molecular complexity index is 64.6. The van der Waals surface area contributed by atoms with Crippen LogP contribution in [0.4, 0.5) is 0 Å². The van der Waals surface area contributed by atoms with Crippen molar-refractivity contribution in [3.05, 3.63) is 0 Å². The van der Waals surface area contributed by atoms with Gasteiger partial charge in [0.15, 0.2) is 0 Å². The van der Waals surface area contributed by atoms with E-state index in [1.165, 1.54) is 0 Å². The largest absolute Gasteiger partial charge is 0.426 e. The van der Waals surface area contributed by atoms with Crippen molar-refractivity contribution in [1.82, 2.24) is 0 Å². The first-order chi connectivity index (χ1) is 4.85. The summed E-state index contributed by atoms with van der Waals surface area (Å²) in [6, 6.07) is 0. The average molecular weight is 162 g/mol. The molecule has 0 unspecified atom stereocenters. The van der Waals surface area contributed by atoms with Crippen molar-refractivity contribution in [1.29, 1.82) is 0 Å². The van der Waals surface area contributed by atoms with E-state index in [4.69, 9.17) is 9.16 Å². The van der Waals surface area contributed by atoms with Crippen molar-refractivity contribution in [2.75, 3.05) is 13.2 Å². The number of hydrogen-bond acceptors (Lipinski definition) is 2. The smallest absolute Gasteiger partial charge is 0.146 e. The van der Waals surface area contributed by atoms with Crippen LogP contribution < -0.4 is 0 Å². The lowest BCUT2D eigenvalue weighted by molar-refractivity contribution is 0.0311. The minimum absolute atomic E-state index is 0.441. The molecule has 0 spiro atoms. The van der Waals surface area contributed by atoms with Crippen molar-refractivity contribution >= 4 is 10.5 Å². The molecule has 62 valence electrons. The maximum absolute atomic E-state index is 5.48. The number of rotatable bonds is 6. The maximum atomic E-state index is 5.48. The van der Waals surface area contributed by atoms with Crippen molar-refractivity contribution < 1.29 is 9.16 Å². The summed E-state index contributed by atoms with van der Waals surface area (Å²) in [5.74, 6) is 0. The predicted octanol–water partition coefficient (Wildman–Crippen LogP) is 0.489. The first kappa shape index (κ1) is 10.1. The van der Waals surface area contributed by atoms with E-state index in [2.05, 4.69) is 13.8 Å². The van der Waals surface area contributed by atoms with Crippen LogP contribution in [0, 0.1) is 0 Å². The molecule has 0 fully saturated rings. The zero-order valence-corrected chi connectivity index (χ0v) is 9.22. The fraction of sp³-hybridized carbons (Fsp3) is 1.00. The summed E-state index contributed by atoms with van der Waals surface area (Å²) in [4.78, 5) is 0. The molecular formula is C7H18O2Si. The summed E-state index contributed by atoms with van der Waals surface area (Å²) >= 11 is 0. The third kappa shape index (κ3) is 4.96. The maximum Gasteiger partial charge on any atom is 0.146 e. The van der Waals surface area contributed by atoms with Gasteiger partial charge in [0.1, 0.15) is 10.5 Å². The molecule has 0 aliphatic rings. The third-order valence-electron chi connectivity index (χ3n) is 1.55. The second-order valence-corrected chi connectivity index (χ2v) is 2.88. The minimum Gasteiger partial charge on any atom is -0.426 e. The van der Waals surface area contributed by atoms with Crippen molar-refractivity contribution in [3.8, 4) is 0 Å². The molecule has 0 saturated carbocycles. The molecule has 0 N–H and O–H groups in total. The molecule has 0 aromatic rings. The summed E-state index contributed by atoms with van der Waals surface area (Å²) in [5, 5.41) is 0. The Morgan fingerprint density at radius 1 is 1.20 bits per heavy atom. The van der Waals surface area contributed by atoms with Crippen LogP contribution in [-0.2, 0) is 9.16 Å². The SMILES string of the molecule is CCC(CC)OCCO[SiH3].